The number of benzene rings is 3. The minimum absolute atomic E-state index is 0.00643. The van der Waals surface area contributed by atoms with Crippen LogP contribution < -0.4 is 10.6 Å². The van der Waals surface area contributed by atoms with Crippen LogP contribution >= 0.6 is 0 Å². The van der Waals surface area contributed by atoms with E-state index in [1.807, 2.05) is 32.0 Å². The normalized spacial score (nSPS) is 14.5. The highest BCUT2D eigenvalue weighted by Gasteiger charge is 2.34. The van der Waals surface area contributed by atoms with E-state index in [1.165, 1.54) is 17.7 Å². The molecule has 3 aromatic carbocycles. The van der Waals surface area contributed by atoms with Gasteiger partial charge in [-0.2, -0.15) is 0 Å². The molecule has 238 valence electrons. The first-order valence-corrected chi connectivity index (χ1v) is 15.3. The second-order valence-corrected chi connectivity index (χ2v) is 11.6. The number of carbonyl (C=O) groups excluding carboxylic acids is 2. The Balaban J connectivity index is 0.000000580. The third kappa shape index (κ3) is 9.81. The summed E-state index contributed by atoms with van der Waals surface area (Å²) in [6.45, 7) is 8.81. The summed E-state index contributed by atoms with van der Waals surface area (Å²) in [5.74, 6) is -2.72. The van der Waals surface area contributed by atoms with Crippen LogP contribution in [0.15, 0.2) is 83.5 Å². The Morgan fingerprint density at radius 2 is 1.71 bits per heavy atom. The molecule has 9 heteroatoms. The highest BCUT2D eigenvalue weighted by molar-refractivity contribution is 6.00. The molecule has 2 N–H and O–H groups in total. The Hall–Kier alpha value is -4.37. The van der Waals surface area contributed by atoms with E-state index < -0.39 is 5.92 Å². The van der Waals surface area contributed by atoms with Crippen molar-refractivity contribution in [1.29, 1.82) is 0 Å². The van der Waals surface area contributed by atoms with E-state index in [9.17, 15) is 18.4 Å². The number of rotatable bonds is 10. The molecule has 7 nitrogen and oxygen atoms in total. The quantitative estimate of drug-likeness (QED) is 0.183. The van der Waals surface area contributed by atoms with E-state index in [-0.39, 0.29) is 23.4 Å². The van der Waals surface area contributed by atoms with Crippen LogP contribution in [0.2, 0.25) is 0 Å². The van der Waals surface area contributed by atoms with Crippen LogP contribution in [0.1, 0.15) is 86.8 Å². The average molecular weight is 617 g/mol. The molecule has 0 bridgehead atoms. The third-order valence-electron chi connectivity index (χ3n) is 7.54. The van der Waals surface area contributed by atoms with Gasteiger partial charge in [-0.25, -0.2) is 13.8 Å². The van der Waals surface area contributed by atoms with Gasteiger partial charge in [-0.1, -0.05) is 54.1 Å². The van der Waals surface area contributed by atoms with E-state index in [0.717, 1.165) is 36.6 Å². The zero-order valence-electron chi connectivity index (χ0n) is 26.4. The van der Waals surface area contributed by atoms with Crippen LogP contribution in [0.25, 0.3) is 0 Å². The standard InChI is InChI=1S/C29H34F2N4O3.C7H8/c1-19-13-22(16-23(14-19)28(37)35-12-5-9-25(35)27-34-20(2)18-38-27)26(36)33-11-6-10-32-17-21-7-4-8-24(15-21)29(3,30)31;1-7-5-3-2-4-6-7/h4,7-8,13-16,18,25,32H,5-6,9-12,17H2,1-3H3,(H,33,36);2-6H,1H3. The minimum atomic E-state index is -2.87. The zero-order valence-corrected chi connectivity index (χ0v) is 26.4. The third-order valence-corrected chi connectivity index (χ3v) is 7.54. The molecule has 0 radical (unpaired) electrons. The van der Waals surface area contributed by atoms with Crippen LogP contribution in [-0.2, 0) is 12.5 Å². The van der Waals surface area contributed by atoms with Gasteiger partial charge in [0, 0.05) is 43.2 Å². The molecule has 45 heavy (non-hydrogen) atoms. The molecule has 4 aromatic rings. The molecule has 0 aliphatic carbocycles. The smallest absolute Gasteiger partial charge is 0.270 e. The average Bonchev–Trinajstić information content (AvgIpc) is 3.68. The van der Waals surface area contributed by atoms with Gasteiger partial charge < -0.3 is 20.0 Å². The molecule has 1 aliphatic rings. The number of nitrogens with one attached hydrogen (secondary N) is 2. The van der Waals surface area contributed by atoms with Gasteiger partial charge in [0.2, 0.25) is 5.89 Å². The number of aryl methyl sites for hydroxylation is 3. The molecule has 1 aromatic heterocycles. The summed E-state index contributed by atoms with van der Waals surface area (Å²) in [5, 5.41) is 6.12. The van der Waals surface area contributed by atoms with Crippen molar-refractivity contribution in [2.75, 3.05) is 19.6 Å². The van der Waals surface area contributed by atoms with Crippen molar-refractivity contribution in [2.45, 2.75) is 65.5 Å². The number of carbonyl (C=O) groups is 2. The van der Waals surface area contributed by atoms with Gasteiger partial charge in [-0.05, 0) is 82.0 Å². The van der Waals surface area contributed by atoms with Crippen molar-refractivity contribution in [2.24, 2.45) is 0 Å². The highest BCUT2D eigenvalue weighted by Crippen LogP contribution is 2.33. The number of alkyl halides is 2. The molecule has 1 atom stereocenters. The molecular weight excluding hydrogens is 574 g/mol. The number of aromatic nitrogens is 1. The minimum Gasteiger partial charge on any atom is -0.446 e. The largest absolute Gasteiger partial charge is 0.446 e. The topological polar surface area (TPSA) is 87.5 Å². The maximum absolute atomic E-state index is 13.5. The number of amides is 2. The van der Waals surface area contributed by atoms with E-state index in [2.05, 4.69) is 34.7 Å². The maximum Gasteiger partial charge on any atom is 0.270 e. The summed E-state index contributed by atoms with van der Waals surface area (Å²) < 4.78 is 32.6. The Morgan fingerprint density at radius 1 is 0.956 bits per heavy atom. The molecule has 2 amide bonds. The van der Waals surface area contributed by atoms with Crippen molar-refractivity contribution >= 4 is 11.8 Å². The van der Waals surface area contributed by atoms with Crippen molar-refractivity contribution in [3.8, 4) is 0 Å². The zero-order chi connectivity index (χ0) is 32.4. The van der Waals surface area contributed by atoms with E-state index in [1.54, 1.807) is 41.5 Å². The van der Waals surface area contributed by atoms with Gasteiger partial charge >= 0.3 is 0 Å². The highest BCUT2D eigenvalue weighted by atomic mass is 19.3. The molecule has 1 fully saturated rings. The van der Waals surface area contributed by atoms with Crippen molar-refractivity contribution in [3.63, 3.8) is 0 Å². The van der Waals surface area contributed by atoms with E-state index in [4.69, 9.17) is 4.42 Å². The lowest BCUT2D eigenvalue weighted by molar-refractivity contribution is 0.0174. The first kappa shape index (κ1) is 33.5. The molecule has 0 spiro atoms. The first-order valence-electron chi connectivity index (χ1n) is 15.3. The predicted octanol–water partition coefficient (Wildman–Crippen LogP) is 7.29. The van der Waals surface area contributed by atoms with Crippen molar-refractivity contribution < 1.29 is 22.8 Å². The van der Waals surface area contributed by atoms with Crippen molar-refractivity contribution in [1.82, 2.24) is 20.5 Å². The number of likely N-dealkylation sites (tertiary alicyclic amines) is 1. The fourth-order valence-corrected chi connectivity index (χ4v) is 5.23. The summed E-state index contributed by atoms with van der Waals surface area (Å²) in [6, 6.07) is 21.6. The lowest BCUT2D eigenvalue weighted by atomic mass is 10.0. The summed E-state index contributed by atoms with van der Waals surface area (Å²) >= 11 is 0. The van der Waals surface area contributed by atoms with Gasteiger partial charge in [-0.15, -0.1) is 0 Å². The second-order valence-electron chi connectivity index (χ2n) is 11.6. The summed E-state index contributed by atoms with van der Waals surface area (Å²) in [5.41, 5.74) is 4.59. The molecule has 5 rings (SSSR count). The fraction of sp³-hybridized carbons (Fsp3) is 0.361. The predicted molar refractivity (Wildman–Crippen MR) is 171 cm³/mol. The van der Waals surface area contributed by atoms with Crippen molar-refractivity contribution in [3.05, 3.63) is 124 Å². The Kier molecular flexibility index (Phi) is 11.6. The summed E-state index contributed by atoms with van der Waals surface area (Å²) in [4.78, 5) is 32.4. The number of oxazole rings is 1. The van der Waals surface area contributed by atoms with Gasteiger partial charge in [-0.3, -0.25) is 9.59 Å². The van der Waals surface area contributed by atoms with Crippen LogP contribution in [0.3, 0.4) is 0 Å². The number of hydrogen-bond acceptors (Lipinski definition) is 5. The Labute approximate surface area is 264 Å². The molecule has 1 aliphatic heterocycles. The second kappa shape index (κ2) is 15.6. The first-order chi connectivity index (χ1) is 21.5. The van der Waals surface area contributed by atoms with Gasteiger partial charge in [0.25, 0.3) is 17.7 Å². The lowest BCUT2D eigenvalue weighted by Gasteiger charge is -2.23. The summed E-state index contributed by atoms with van der Waals surface area (Å²) in [6.07, 6.45) is 3.90. The van der Waals surface area contributed by atoms with Gasteiger partial charge in [0.05, 0.1) is 5.69 Å². The van der Waals surface area contributed by atoms with Gasteiger partial charge in [0.1, 0.15) is 12.3 Å². The fourth-order valence-electron chi connectivity index (χ4n) is 5.23. The molecule has 1 saturated heterocycles. The van der Waals surface area contributed by atoms with Crippen LogP contribution in [-0.4, -0.2) is 41.3 Å². The number of halogens is 2. The Morgan fingerprint density at radius 3 is 2.38 bits per heavy atom. The SMILES string of the molecule is Cc1cc(C(=O)NCCCNCc2cccc(C(C)(F)F)c2)cc(C(=O)N2CCCC2c2nc(C)co2)c1.Cc1ccccc1. The number of hydrogen-bond donors (Lipinski definition) is 2. The van der Waals surface area contributed by atoms with E-state index >= 15 is 0 Å². The van der Waals surface area contributed by atoms with Gasteiger partial charge in [0.15, 0.2) is 0 Å². The van der Waals surface area contributed by atoms with Crippen LogP contribution in [0.4, 0.5) is 8.78 Å². The number of nitrogens with zero attached hydrogens (tertiary/aromatic N) is 2. The lowest BCUT2D eigenvalue weighted by Crippen LogP contribution is -2.31. The van der Waals surface area contributed by atoms with Crippen LogP contribution in [0.5, 0.6) is 0 Å². The molecular formula is C36H42F2N4O3. The monoisotopic (exact) mass is 616 g/mol. The molecule has 2 heterocycles. The summed E-state index contributed by atoms with van der Waals surface area (Å²) in [7, 11) is 0. The van der Waals surface area contributed by atoms with Crippen LogP contribution in [0, 0.1) is 20.8 Å². The molecule has 0 saturated carbocycles. The molecule has 1 unspecified atom stereocenters. The Bertz CT molecular complexity index is 1570. The maximum atomic E-state index is 13.5. The van der Waals surface area contributed by atoms with E-state index in [0.29, 0.717) is 49.6 Å².